The molecule has 2 aromatic carbocycles. The SMILES string of the molecule is CC(Oc1ccc(C(=O)N(C)C(C)C(=O)O)cc1)c1ccccc1. The monoisotopic (exact) mass is 327 g/mol. The molecule has 0 aliphatic carbocycles. The smallest absolute Gasteiger partial charge is 0.326 e. The maximum atomic E-state index is 12.3. The average Bonchev–Trinajstić information content (AvgIpc) is 2.61. The summed E-state index contributed by atoms with van der Waals surface area (Å²) in [6, 6.07) is 15.7. The van der Waals surface area contributed by atoms with E-state index >= 15 is 0 Å². The Morgan fingerprint density at radius 1 is 1.00 bits per heavy atom. The van der Waals surface area contributed by atoms with Gasteiger partial charge in [0.25, 0.3) is 5.91 Å². The summed E-state index contributed by atoms with van der Waals surface area (Å²) in [4.78, 5) is 24.4. The molecule has 2 unspecified atom stereocenters. The predicted molar refractivity (Wildman–Crippen MR) is 91.1 cm³/mol. The van der Waals surface area contributed by atoms with Crippen molar-refractivity contribution in [3.05, 3.63) is 65.7 Å². The van der Waals surface area contributed by atoms with Gasteiger partial charge in [0.15, 0.2) is 0 Å². The zero-order valence-corrected chi connectivity index (χ0v) is 14.0. The molecule has 1 N–H and O–H groups in total. The lowest BCUT2D eigenvalue weighted by molar-refractivity contribution is -0.141. The molecule has 0 radical (unpaired) electrons. The van der Waals surface area contributed by atoms with Crippen molar-refractivity contribution in [1.29, 1.82) is 0 Å². The predicted octanol–water partition coefficient (Wildman–Crippen LogP) is 3.37. The number of ether oxygens (including phenoxy) is 1. The van der Waals surface area contributed by atoms with Gasteiger partial charge in [-0.15, -0.1) is 0 Å². The number of rotatable bonds is 6. The lowest BCUT2D eigenvalue weighted by Crippen LogP contribution is -2.40. The Morgan fingerprint density at radius 3 is 2.12 bits per heavy atom. The van der Waals surface area contributed by atoms with Gasteiger partial charge in [-0.2, -0.15) is 0 Å². The molecule has 0 heterocycles. The van der Waals surface area contributed by atoms with Crippen LogP contribution in [0.15, 0.2) is 54.6 Å². The van der Waals surface area contributed by atoms with E-state index < -0.39 is 12.0 Å². The van der Waals surface area contributed by atoms with Crippen LogP contribution in [0.2, 0.25) is 0 Å². The second kappa shape index (κ2) is 7.64. The van der Waals surface area contributed by atoms with Crippen molar-refractivity contribution in [2.75, 3.05) is 7.05 Å². The minimum atomic E-state index is -1.04. The number of carbonyl (C=O) groups excluding carboxylic acids is 1. The molecule has 2 atom stereocenters. The first-order valence-corrected chi connectivity index (χ1v) is 7.71. The van der Waals surface area contributed by atoms with E-state index in [1.807, 2.05) is 37.3 Å². The van der Waals surface area contributed by atoms with Crippen molar-refractivity contribution in [2.24, 2.45) is 0 Å². The number of aliphatic carboxylic acids is 1. The number of carboxylic acid groups (broad SMARTS) is 1. The fraction of sp³-hybridized carbons (Fsp3) is 0.263. The van der Waals surface area contributed by atoms with Crippen LogP contribution in [-0.2, 0) is 4.79 Å². The molecule has 0 aliphatic rings. The van der Waals surface area contributed by atoms with Gasteiger partial charge >= 0.3 is 5.97 Å². The second-order valence-corrected chi connectivity index (χ2v) is 5.63. The van der Waals surface area contributed by atoms with Crippen molar-refractivity contribution >= 4 is 11.9 Å². The van der Waals surface area contributed by atoms with Gasteiger partial charge in [0, 0.05) is 12.6 Å². The molecule has 0 fully saturated rings. The highest BCUT2D eigenvalue weighted by molar-refractivity contribution is 5.96. The molecule has 5 nitrogen and oxygen atoms in total. The van der Waals surface area contributed by atoms with Gasteiger partial charge in [0.1, 0.15) is 17.9 Å². The molecule has 0 aliphatic heterocycles. The van der Waals surface area contributed by atoms with Crippen molar-refractivity contribution in [3.8, 4) is 5.75 Å². The largest absolute Gasteiger partial charge is 0.486 e. The topological polar surface area (TPSA) is 66.8 Å². The number of hydrogen-bond acceptors (Lipinski definition) is 3. The van der Waals surface area contributed by atoms with E-state index in [4.69, 9.17) is 9.84 Å². The molecule has 0 spiro atoms. The summed E-state index contributed by atoms with van der Waals surface area (Å²) in [7, 11) is 1.48. The van der Waals surface area contributed by atoms with Crippen LogP contribution < -0.4 is 4.74 Å². The minimum absolute atomic E-state index is 0.109. The molecule has 126 valence electrons. The number of likely N-dealkylation sites (N-methyl/N-ethyl adjacent to an activating group) is 1. The van der Waals surface area contributed by atoms with E-state index in [0.29, 0.717) is 11.3 Å². The molecular formula is C19H21NO4. The highest BCUT2D eigenvalue weighted by Crippen LogP contribution is 2.22. The Balaban J connectivity index is 2.05. The summed E-state index contributed by atoms with van der Waals surface area (Å²) in [5, 5.41) is 8.99. The number of carboxylic acids is 1. The second-order valence-electron chi connectivity index (χ2n) is 5.63. The fourth-order valence-corrected chi connectivity index (χ4v) is 2.22. The van der Waals surface area contributed by atoms with Crippen molar-refractivity contribution in [3.63, 3.8) is 0 Å². The van der Waals surface area contributed by atoms with Crippen LogP contribution in [-0.4, -0.2) is 35.0 Å². The van der Waals surface area contributed by atoms with Crippen LogP contribution in [0.4, 0.5) is 0 Å². The molecule has 2 aromatic rings. The molecule has 0 bridgehead atoms. The summed E-state index contributed by atoms with van der Waals surface area (Å²) in [6.07, 6.45) is -0.109. The Hall–Kier alpha value is -2.82. The Labute approximate surface area is 141 Å². The molecule has 2 rings (SSSR count). The van der Waals surface area contributed by atoms with E-state index in [1.165, 1.54) is 18.9 Å². The number of nitrogens with zero attached hydrogens (tertiary/aromatic N) is 1. The summed E-state index contributed by atoms with van der Waals surface area (Å²) in [6.45, 7) is 3.43. The minimum Gasteiger partial charge on any atom is -0.486 e. The average molecular weight is 327 g/mol. The van der Waals surface area contributed by atoms with Gasteiger partial charge in [-0.1, -0.05) is 30.3 Å². The maximum absolute atomic E-state index is 12.3. The van der Waals surface area contributed by atoms with E-state index in [9.17, 15) is 9.59 Å². The molecule has 24 heavy (non-hydrogen) atoms. The van der Waals surface area contributed by atoms with Crippen molar-refractivity contribution in [2.45, 2.75) is 26.0 Å². The van der Waals surface area contributed by atoms with E-state index in [0.717, 1.165) is 5.56 Å². The summed E-state index contributed by atoms with van der Waals surface area (Å²) < 4.78 is 5.86. The van der Waals surface area contributed by atoms with Gasteiger partial charge in [-0.25, -0.2) is 4.79 Å². The summed E-state index contributed by atoms with van der Waals surface area (Å²) in [5.41, 5.74) is 1.48. The zero-order valence-electron chi connectivity index (χ0n) is 14.0. The molecule has 0 aromatic heterocycles. The van der Waals surface area contributed by atoms with Gasteiger partial charge < -0.3 is 14.7 Å². The Morgan fingerprint density at radius 2 is 1.58 bits per heavy atom. The van der Waals surface area contributed by atoms with Crippen LogP contribution >= 0.6 is 0 Å². The third-order valence-electron chi connectivity index (χ3n) is 3.94. The lowest BCUT2D eigenvalue weighted by Gasteiger charge is -2.21. The van der Waals surface area contributed by atoms with Gasteiger partial charge in [0.05, 0.1) is 0 Å². The number of carbonyl (C=O) groups is 2. The van der Waals surface area contributed by atoms with Crippen LogP contribution in [0, 0.1) is 0 Å². The Bertz CT molecular complexity index is 697. The molecule has 0 saturated carbocycles. The summed E-state index contributed by atoms with van der Waals surface area (Å²) >= 11 is 0. The van der Waals surface area contributed by atoms with Gasteiger partial charge in [0.2, 0.25) is 0 Å². The van der Waals surface area contributed by atoms with Gasteiger partial charge in [-0.3, -0.25) is 4.79 Å². The third-order valence-corrected chi connectivity index (χ3v) is 3.94. The van der Waals surface area contributed by atoms with Gasteiger partial charge in [-0.05, 0) is 43.7 Å². The first-order chi connectivity index (χ1) is 11.4. The molecule has 0 saturated heterocycles. The highest BCUT2D eigenvalue weighted by atomic mass is 16.5. The first kappa shape index (κ1) is 17.5. The standard InChI is InChI=1S/C19H21NO4/c1-13(19(22)23)20(3)18(21)16-9-11-17(12-10-16)24-14(2)15-7-5-4-6-8-15/h4-14H,1-3H3,(H,22,23). The van der Waals surface area contributed by atoms with Crippen molar-refractivity contribution < 1.29 is 19.4 Å². The lowest BCUT2D eigenvalue weighted by atomic mass is 10.1. The first-order valence-electron chi connectivity index (χ1n) is 7.71. The third kappa shape index (κ3) is 4.13. The van der Waals surface area contributed by atoms with Crippen LogP contribution in [0.1, 0.15) is 35.9 Å². The van der Waals surface area contributed by atoms with Crippen LogP contribution in [0.25, 0.3) is 0 Å². The molecule has 1 amide bonds. The molecular weight excluding hydrogens is 306 g/mol. The highest BCUT2D eigenvalue weighted by Gasteiger charge is 2.22. The van der Waals surface area contributed by atoms with Crippen LogP contribution in [0.5, 0.6) is 5.75 Å². The fourth-order valence-electron chi connectivity index (χ4n) is 2.22. The summed E-state index contributed by atoms with van der Waals surface area (Å²) in [5.74, 6) is -0.730. The Kier molecular flexibility index (Phi) is 5.58. The van der Waals surface area contributed by atoms with E-state index in [1.54, 1.807) is 24.3 Å². The van der Waals surface area contributed by atoms with Crippen LogP contribution in [0.3, 0.4) is 0 Å². The quantitative estimate of drug-likeness (QED) is 0.883. The normalized spacial score (nSPS) is 13.0. The number of hydrogen-bond donors (Lipinski definition) is 1. The molecule has 5 heteroatoms. The number of amides is 1. The van der Waals surface area contributed by atoms with E-state index in [2.05, 4.69) is 0 Å². The number of benzene rings is 2. The maximum Gasteiger partial charge on any atom is 0.326 e. The van der Waals surface area contributed by atoms with E-state index in [-0.39, 0.29) is 12.0 Å². The zero-order chi connectivity index (χ0) is 17.7. The van der Waals surface area contributed by atoms with Crippen molar-refractivity contribution in [1.82, 2.24) is 4.90 Å².